The molecule has 1 aromatic heterocycles. The minimum atomic E-state index is -0.853. The second-order valence-corrected chi connectivity index (χ2v) is 4.59. The molecule has 1 aromatic carbocycles. The zero-order chi connectivity index (χ0) is 13.8. The number of aromatic nitrogens is 4. The molecular weight excluding hydrogens is 244 g/mol. The minimum Gasteiger partial charge on any atom is -0.481 e. The van der Waals surface area contributed by atoms with E-state index < -0.39 is 11.9 Å². The number of carboxylic acid groups (broad SMARTS) is 1. The third kappa shape index (κ3) is 2.96. The number of hydrogen-bond donors (Lipinski definition) is 1. The number of aliphatic carboxylic acids is 1. The molecule has 2 atom stereocenters. The molecule has 0 bridgehead atoms. The first kappa shape index (κ1) is 13.2. The van der Waals surface area contributed by atoms with Gasteiger partial charge in [-0.1, -0.05) is 44.2 Å². The second kappa shape index (κ2) is 5.60. The van der Waals surface area contributed by atoms with E-state index in [9.17, 15) is 4.79 Å². The van der Waals surface area contributed by atoms with Crippen LogP contribution < -0.4 is 0 Å². The van der Waals surface area contributed by atoms with Gasteiger partial charge in [-0.05, 0) is 16.0 Å². The standard InChI is InChI=1S/C13H16N4O2/c1-9(13(18)19)8-17-12(14-15-16-17)10(2)11-6-4-3-5-7-11/h3-7,9-10H,8H2,1-2H3,(H,18,19). The highest BCUT2D eigenvalue weighted by molar-refractivity contribution is 5.69. The largest absolute Gasteiger partial charge is 0.481 e. The Balaban J connectivity index is 2.22. The third-order valence-electron chi connectivity index (χ3n) is 3.11. The van der Waals surface area contributed by atoms with Gasteiger partial charge in [0, 0.05) is 5.92 Å². The summed E-state index contributed by atoms with van der Waals surface area (Å²) in [6, 6.07) is 9.88. The molecule has 2 aromatic rings. The van der Waals surface area contributed by atoms with Crippen molar-refractivity contribution in [1.82, 2.24) is 20.2 Å². The molecule has 6 nitrogen and oxygen atoms in total. The molecule has 0 aliphatic heterocycles. The van der Waals surface area contributed by atoms with Crippen molar-refractivity contribution < 1.29 is 9.90 Å². The van der Waals surface area contributed by atoms with Crippen LogP contribution >= 0.6 is 0 Å². The lowest BCUT2D eigenvalue weighted by molar-refractivity contribution is -0.141. The molecule has 1 heterocycles. The third-order valence-corrected chi connectivity index (χ3v) is 3.11. The topological polar surface area (TPSA) is 80.9 Å². The van der Waals surface area contributed by atoms with E-state index in [0.29, 0.717) is 5.82 Å². The fourth-order valence-electron chi connectivity index (χ4n) is 1.88. The maximum Gasteiger partial charge on any atom is 0.308 e. The summed E-state index contributed by atoms with van der Waals surface area (Å²) >= 11 is 0. The van der Waals surface area contributed by atoms with Crippen molar-refractivity contribution in [3.63, 3.8) is 0 Å². The Kier molecular flexibility index (Phi) is 3.89. The molecule has 2 unspecified atom stereocenters. The van der Waals surface area contributed by atoms with Crippen molar-refractivity contribution >= 4 is 5.97 Å². The highest BCUT2D eigenvalue weighted by atomic mass is 16.4. The zero-order valence-electron chi connectivity index (χ0n) is 10.9. The predicted octanol–water partition coefficient (Wildman–Crippen LogP) is 1.55. The van der Waals surface area contributed by atoms with Crippen molar-refractivity contribution in [1.29, 1.82) is 0 Å². The van der Waals surface area contributed by atoms with Gasteiger partial charge in [0.25, 0.3) is 0 Å². The summed E-state index contributed by atoms with van der Waals surface area (Å²) in [6.45, 7) is 3.92. The molecule has 0 spiro atoms. The normalized spacial score (nSPS) is 14.0. The summed E-state index contributed by atoms with van der Waals surface area (Å²) in [5.74, 6) is -0.671. The first-order valence-corrected chi connectivity index (χ1v) is 6.13. The van der Waals surface area contributed by atoms with Crippen LogP contribution in [0.25, 0.3) is 0 Å². The number of tetrazole rings is 1. The van der Waals surface area contributed by atoms with Crippen LogP contribution in [0.1, 0.15) is 31.2 Å². The molecule has 1 N–H and O–H groups in total. The SMILES string of the molecule is CC(Cn1nnnc1C(C)c1ccccc1)C(=O)O. The summed E-state index contributed by atoms with van der Waals surface area (Å²) in [6.07, 6.45) is 0. The summed E-state index contributed by atoms with van der Waals surface area (Å²) in [5, 5.41) is 20.5. The molecule has 2 rings (SSSR count). The zero-order valence-corrected chi connectivity index (χ0v) is 10.9. The average Bonchev–Trinajstić information content (AvgIpc) is 2.87. The van der Waals surface area contributed by atoms with Gasteiger partial charge in [0.15, 0.2) is 5.82 Å². The van der Waals surface area contributed by atoms with Crippen LogP contribution in [-0.4, -0.2) is 31.3 Å². The first-order chi connectivity index (χ1) is 9.09. The van der Waals surface area contributed by atoms with Crippen LogP contribution in [0.2, 0.25) is 0 Å². The van der Waals surface area contributed by atoms with Crippen LogP contribution in [0.4, 0.5) is 0 Å². The van der Waals surface area contributed by atoms with Crippen molar-refractivity contribution in [2.75, 3.05) is 0 Å². The lowest BCUT2D eigenvalue weighted by Crippen LogP contribution is -2.20. The summed E-state index contributed by atoms with van der Waals surface area (Å²) < 4.78 is 1.57. The minimum absolute atomic E-state index is 0.0252. The number of hydrogen-bond acceptors (Lipinski definition) is 4. The Bertz CT molecular complexity index is 553. The van der Waals surface area contributed by atoms with Crippen LogP contribution in [0.15, 0.2) is 30.3 Å². The number of rotatable bonds is 5. The van der Waals surface area contributed by atoms with Crippen molar-refractivity contribution in [3.05, 3.63) is 41.7 Å². The Morgan fingerprint density at radius 2 is 2.00 bits per heavy atom. The Labute approximate surface area is 111 Å². The van der Waals surface area contributed by atoms with E-state index >= 15 is 0 Å². The lowest BCUT2D eigenvalue weighted by atomic mass is 10.0. The van der Waals surface area contributed by atoms with Gasteiger partial charge in [-0.2, -0.15) is 0 Å². The monoisotopic (exact) mass is 260 g/mol. The van der Waals surface area contributed by atoms with Gasteiger partial charge in [0.05, 0.1) is 12.5 Å². The molecule has 0 fully saturated rings. The Morgan fingerprint density at radius 3 is 2.63 bits per heavy atom. The maximum atomic E-state index is 10.9. The molecule has 6 heteroatoms. The molecule has 100 valence electrons. The number of nitrogens with zero attached hydrogens (tertiary/aromatic N) is 4. The molecular formula is C13H16N4O2. The highest BCUT2D eigenvalue weighted by Crippen LogP contribution is 2.21. The van der Waals surface area contributed by atoms with Gasteiger partial charge in [-0.25, -0.2) is 4.68 Å². The smallest absolute Gasteiger partial charge is 0.308 e. The van der Waals surface area contributed by atoms with E-state index in [2.05, 4.69) is 15.5 Å². The van der Waals surface area contributed by atoms with Crippen LogP contribution in [0, 0.1) is 5.92 Å². The van der Waals surface area contributed by atoms with Crippen molar-refractivity contribution in [2.24, 2.45) is 5.92 Å². The van der Waals surface area contributed by atoms with E-state index in [-0.39, 0.29) is 12.5 Å². The van der Waals surface area contributed by atoms with Gasteiger partial charge in [0.1, 0.15) is 0 Å². The van der Waals surface area contributed by atoms with E-state index in [4.69, 9.17) is 5.11 Å². The van der Waals surface area contributed by atoms with Crippen LogP contribution in [-0.2, 0) is 11.3 Å². The highest BCUT2D eigenvalue weighted by Gasteiger charge is 2.20. The van der Waals surface area contributed by atoms with E-state index in [1.54, 1.807) is 11.6 Å². The summed E-state index contributed by atoms with van der Waals surface area (Å²) in [5.41, 5.74) is 1.10. The molecule has 0 radical (unpaired) electrons. The summed E-state index contributed by atoms with van der Waals surface area (Å²) in [4.78, 5) is 10.9. The fourth-order valence-corrected chi connectivity index (χ4v) is 1.88. The lowest BCUT2D eigenvalue weighted by Gasteiger charge is -2.13. The number of benzene rings is 1. The first-order valence-electron chi connectivity index (χ1n) is 6.13. The Hall–Kier alpha value is -2.24. The van der Waals surface area contributed by atoms with Gasteiger partial charge >= 0.3 is 5.97 Å². The molecule has 0 saturated heterocycles. The number of carbonyl (C=O) groups is 1. The van der Waals surface area contributed by atoms with Crippen molar-refractivity contribution in [3.8, 4) is 0 Å². The fraction of sp³-hybridized carbons (Fsp3) is 0.385. The Morgan fingerprint density at radius 1 is 1.32 bits per heavy atom. The van der Waals surface area contributed by atoms with Gasteiger partial charge < -0.3 is 5.11 Å². The second-order valence-electron chi connectivity index (χ2n) is 4.59. The molecule has 19 heavy (non-hydrogen) atoms. The quantitative estimate of drug-likeness (QED) is 0.882. The van der Waals surface area contributed by atoms with Gasteiger partial charge in [0.2, 0.25) is 0 Å². The molecule has 0 aliphatic carbocycles. The molecule has 0 saturated carbocycles. The molecule has 0 aliphatic rings. The van der Waals surface area contributed by atoms with E-state index in [0.717, 1.165) is 5.56 Å². The maximum absolute atomic E-state index is 10.9. The predicted molar refractivity (Wildman–Crippen MR) is 68.6 cm³/mol. The summed E-state index contributed by atoms with van der Waals surface area (Å²) in [7, 11) is 0. The van der Waals surface area contributed by atoms with Crippen LogP contribution in [0.3, 0.4) is 0 Å². The molecule has 0 amide bonds. The van der Waals surface area contributed by atoms with Gasteiger partial charge in [-0.15, -0.1) is 5.10 Å². The van der Waals surface area contributed by atoms with Gasteiger partial charge in [-0.3, -0.25) is 4.79 Å². The van der Waals surface area contributed by atoms with Crippen LogP contribution in [0.5, 0.6) is 0 Å². The average molecular weight is 260 g/mol. The number of carboxylic acids is 1. The van der Waals surface area contributed by atoms with Crippen molar-refractivity contribution in [2.45, 2.75) is 26.3 Å². The van der Waals surface area contributed by atoms with E-state index in [1.165, 1.54) is 0 Å². The van der Waals surface area contributed by atoms with E-state index in [1.807, 2.05) is 37.3 Å².